The molecule has 0 unspecified atom stereocenters. The van der Waals surface area contributed by atoms with Crippen LogP contribution >= 0.6 is 15.9 Å². The molecule has 0 saturated heterocycles. The van der Waals surface area contributed by atoms with E-state index in [0.29, 0.717) is 5.56 Å². The minimum absolute atomic E-state index is 0.244. The van der Waals surface area contributed by atoms with Crippen molar-refractivity contribution in [1.29, 1.82) is 0 Å². The van der Waals surface area contributed by atoms with Crippen LogP contribution in [0.1, 0.15) is 22.8 Å². The van der Waals surface area contributed by atoms with E-state index in [2.05, 4.69) is 26.5 Å². The Labute approximate surface area is 132 Å². The quantitative estimate of drug-likeness (QED) is 0.654. The molecule has 3 nitrogen and oxygen atoms in total. The van der Waals surface area contributed by atoms with Gasteiger partial charge in [-0.25, -0.2) is 5.43 Å². The summed E-state index contributed by atoms with van der Waals surface area (Å²) in [6.07, 6.45) is 3.62. The van der Waals surface area contributed by atoms with Crippen molar-refractivity contribution in [3.8, 4) is 0 Å². The van der Waals surface area contributed by atoms with Gasteiger partial charge >= 0.3 is 0 Å². The Hall–Kier alpha value is -2.20. The lowest BCUT2D eigenvalue weighted by atomic mass is 10.1. The number of carbonyl (C=O) groups excluding carboxylic acids is 1. The predicted molar refractivity (Wildman–Crippen MR) is 90.2 cm³/mol. The van der Waals surface area contributed by atoms with Crippen molar-refractivity contribution < 1.29 is 4.79 Å². The van der Waals surface area contributed by atoms with Crippen molar-refractivity contribution in [3.63, 3.8) is 0 Å². The van der Waals surface area contributed by atoms with Gasteiger partial charge < -0.3 is 0 Å². The first-order chi connectivity index (χ1) is 10.2. The second-order valence-corrected chi connectivity index (χ2v) is 5.33. The summed E-state index contributed by atoms with van der Waals surface area (Å²) in [6.45, 7) is 1.93. The molecule has 0 heterocycles. The summed E-state index contributed by atoms with van der Waals surface area (Å²) >= 11 is 3.34. The molecular formula is C17H15BrN2O. The number of nitrogens with zero attached hydrogens (tertiary/aromatic N) is 1. The first kappa shape index (κ1) is 15.2. The molecule has 0 aliphatic heterocycles. The van der Waals surface area contributed by atoms with Crippen molar-refractivity contribution in [2.75, 3.05) is 0 Å². The average Bonchev–Trinajstić information content (AvgIpc) is 2.48. The summed E-state index contributed by atoms with van der Waals surface area (Å²) in [5.74, 6) is -0.244. The van der Waals surface area contributed by atoms with E-state index in [4.69, 9.17) is 0 Å². The minimum Gasteiger partial charge on any atom is -0.267 e. The van der Waals surface area contributed by atoms with Gasteiger partial charge in [0.2, 0.25) is 0 Å². The van der Waals surface area contributed by atoms with Crippen LogP contribution in [0.25, 0.3) is 6.08 Å². The van der Waals surface area contributed by atoms with Crippen LogP contribution in [0.2, 0.25) is 0 Å². The maximum Gasteiger partial charge on any atom is 0.272 e. The molecule has 0 aliphatic carbocycles. The van der Waals surface area contributed by atoms with E-state index >= 15 is 0 Å². The van der Waals surface area contributed by atoms with Crippen LogP contribution in [0.4, 0.5) is 0 Å². The standard InChI is InChI=1S/C17H15BrN2O/c1-13(11-14-7-3-2-4-8-14)12-19-20-17(21)15-9-5-6-10-16(15)18/h2-12H,1H3,(H,20,21)/b13-11+,19-12-. The first-order valence-corrected chi connectivity index (χ1v) is 7.27. The van der Waals surface area contributed by atoms with Gasteiger partial charge in [-0.3, -0.25) is 4.79 Å². The maximum absolute atomic E-state index is 11.9. The maximum atomic E-state index is 11.9. The lowest BCUT2D eigenvalue weighted by Gasteiger charge is -2.02. The van der Waals surface area contributed by atoms with Crippen LogP contribution < -0.4 is 5.43 Å². The molecule has 21 heavy (non-hydrogen) atoms. The van der Waals surface area contributed by atoms with Crippen LogP contribution in [-0.2, 0) is 0 Å². The third-order valence-electron chi connectivity index (χ3n) is 2.75. The third-order valence-corrected chi connectivity index (χ3v) is 3.44. The molecule has 0 spiro atoms. The van der Waals surface area contributed by atoms with Crippen LogP contribution in [0, 0.1) is 0 Å². The highest BCUT2D eigenvalue weighted by Crippen LogP contribution is 2.15. The van der Waals surface area contributed by atoms with Crippen molar-refractivity contribution >= 4 is 34.1 Å². The number of nitrogens with one attached hydrogen (secondary N) is 1. The lowest BCUT2D eigenvalue weighted by Crippen LogP contribution is -2.18. The van der Waals surface area contributed by atoms with Crippen LogP contribution in [0.15, 0.2) is 69.7 Å². The highest BCUT2D eigenvalue weighted by molar-refractivity contribution is 9.10. The number of hydrazone groups is 1. The predicted octanol–water partition coefficient (Wildman–Crippen LogP) is 4.27. The summed E-state index contributed by atoms with van der Waals surface area (Å²) in [4.78, 5) is 11.9. The Morgan fingerprint density at radius 3 is 2.48 bits per heavy atom. The number of amides is 1. The number of rotatable bonds is 4. The molecule has 0 aliphatic rings. The molecule has 0 aromatic heterocycles. The molecule has 0 atom stereocenters. The molecule has 4 heteroatoms. The molecular weight excluding hydrogens is 328 g/mol. The fourth-order valence-electron chi connectivity index (χ4n) is 1.75. The normalized spacial score (nSPS) is 11.6. The summed E-state index contributed by atoms with van der Waals surface area (Å²) in [7, 11) is 0. The number of hydrogen-bond donors (Lipinski definition) is 1. The van der Waals surface area contributed by atoms with Gasteiger partial charge in [-0.2, -0.15) is 5.10 Å². The zero-order valence-corrected chi connectivity index (χ0v) is 13.2. The van der Waals surface area contributed by atoms with Gasteiger partial charge in [0.1, 0.15) is 0 Å². The Morgan fingerprint density at radius 2 is 1.76 bits per heavy atom. The van der Waals surface area contributed by atoms with Crippen LogP contribution in [0.5, 0.6) is 0 Å². The SMILES string of the molecule is CC(/C=N\NC(=O)c1ccccc1Br)=C\c1ccccc1. The Balaban J connectivity index is 1.98. The van der Waals surface area contributed by atoms with E-state index in [0.717, 1.165) is 15.6 Å². The van der Waals surface area contributed by atoms with Gasteiger partial charge in [0.25, 0.3) is 5.91 Å². The number of benzene rings is 2. The Bertz CT molecular complexity index is 678. The molecule has 0 bridgehead atoms. The summed E-state index contributed by atoms with van der Waals surface area (Å²) in [5, 5.41) is 3.97. The van der Waals surface area contributed by atoms with E-state index in [9.17, 15) is 4.79 Å². The summed E-state index contributed by atoms with van der Waals surface area (Å²) in [6, 6.07) is 17.2. The Kier molecular flexibility index (Phi) is 5.46. The smallest absolute Gasteiger partial charge is 0.267 e. The highest BCUT2D eigenvalue weighted by atomic mass is 79.9. The van der Waals surface area contributed by atoms with Gasteiger partial charge in [-0.05, 0) is 46.1 Å². The van der Waals surface area contributed by atoms with Gasteiger partial charge in [0.15, 0.2) is 0 Å². The van der Waals surface area contributed by atoms with Crippen molar-refractivity contribution in [3.05, 3.63) is 75.8 Å². The number of carbonyl (C=O) groups is 1. The molecule has 1 N–H and O–H groups in total. The topological polar surface area (TPSA) is 41.5 Å². The molecule has 0 saturated carbocycles. The minimum atomic E-state index is -0.244. The fourth-order valence-corrected chi connectivity index (χ4v) is 2.21. The number of allylic oxidation sites excluding steroid dienone is 1. The molecule has 0 fully saturated rings. The van der Waals surface area contributed by atoms with Gasteiger partial charge in [0.05, 0.1) is 11.8 Å². The molecule has 0 radical (unpaired) electrons. The molecule has 2 aromatic rings. The van der Waals surface area contributed by atoms with E-state index < -0.39 is 0 Å². The second kappa shape index (κ2) is 7.55. The number of hydrogen-bond acceptors (Lipinski definition) is 2. The zero-order chi connectivity index (χ0) is 15.1. The van der Waals surface area contributed by atoms with Crippen LogP contribution in [-0.4, -0.2) is 12.1 Å². The lowest BCUT2D eigenvalue weighted by molar-refractivity contribution is 0.0954. The molecule has 1 amide bonds. The second-order valence-electron chi connectivity index (χ2n) is 4.48. The van der Waals surface area contributed by atoms with E-state index in [1.807, 2.05) is 61.5 Å². The fraction of sp³-hybridized carbons (Fsp3) is 0.0588. The molecule has 2 aromatic carbocycles. The Morgan fingerprint density at radius 1 is 1.10 bits per heavy atom. The first-order valence-electron chi connectivity index (χ1n) is 6.48. The zero-order valence-electron chi connectivity index (χ0n) is 11.6. The van der Waals surface area contributed by atoms with Gasteiger partial charge in [-0.15, -0.1) is 0 Å². The van der Waals surface area contributed by atoms with Gasteiger partial charge in [-0.1, -0.05) is 48.5 Å². The van der Waals surface area contributed by atoms with Crippen molar-refractivity contribution in [2.24, 2.45) is 5.10 Å². The van der Waals surface area contributed by atoms with Crippen molar-refractivity contribution in [2.45, 2.75) is 6.92 Å². The van der Waals surface area contributed by atoms with E-state index in [1.54, 1.807) is 12.3 Å². The highest BCUT2D eigenvalue weighted by Gasteiger charge is 2.07. The third kappa shape index (κ3) is 4.68. The van der Waals surface area contributed by atoms with E-state index in [-0.39, 0.29) is 5.91 Å². The van der Waals surface area contributed by atoms with E-state index in [1.165, 1.54) is 0 Å². The van der Waals surface area contributed by atoms with Crippen LogP contribution in [0.3, 0.4) is 0 Å². The average molecular weight is 343 g/mol. The number of halogens is 1. The largest absolute Gasteiger partial charge is 0.272 e. The molecule has 106 valence electrons. The van der Waals surface area contributed by atoms with Crippen molar-refractivity contribution in [1.82, 2.24) is 5.43 Å². The van der Waals surface area contributed by atoms with Gasteiger partial charge in [0, 0.05) is 4.47 Å². The summed E-state index contributed by atoms with van der Waals surface area (Å²) in [5.41, 5.74) is 5.12. The summed E-state index contributed by atoms with van der Waals surface area (Å²) < 4.78 is 0.745. The molecule has 2 rings (SSSR count). The monoisotopic (exact) mass is 342 g/mol.